The van der Waals surface area contributed by atoms with Crippen molar-refractivity contribution in [1.29, 1.82) is 0 Å². The summed E-state index contributed by atoms with van der Waals surface area (Å²) in [6, 6.07) is 0. The number of aliphatic imine (C=N–C) groups is 1. The molecule has 0 aromatic carbocycles. The number of hydrogen-bond acceptors (Lipinski definition) is 1. The van der Waals surface area contributed by atoms with Gasteiger partial charge in [0.15, 0.2) is 0 Å². The summed E-state index contributed by atoms with van der Waals surface area (Å²) in [6.45, 7) is 16.9. The van der Waals surface area contributed by atoms with Crippen LogP contribution < -0.4 is 0 Å². The minimum Gasteiger partial charge on any atom is -0.262 e. The van der Waals surface area contributed by atoms with Crippen LogP contribution in [-0.2, 0) is 0 Å². The Bertz CT molecular complexity index is 153. The van der Waals surface area contributed by atoms with Gasteiger partial charge in [0.1, 0.15) is 0 Å². The Morgan fingerprint density at radius 2 is 1.54 bits per heavy atom. The fourth-order valence-corrected chi connectivity index (χ4v) is 0.394. The summed E-state index contributed by atoms with van der Waals surface area (Å²) in [6.07, 6.45) is 6.93. The molecular weight excluding hydrogens is 158 g/mol. The fraction of sp³-hybridized carbons (Fsp3) is 0.417. The van der Waals surface area contributed by atoms with E-state index in [1.54, 1.807) is 6.08 Å². The third kappa shape index (κ3) is 24.8. The van der Waals surface area contributed by atoms with E-state index in [0.717, 1.165) is 5.71 Å². The molecule has 0 bridgehead atoms. The third-order valence-corrected chi connectivity index (χ3v) is 0.768. The summed E-state index contributed by atoms with van der Waals surface area (Å²) >= 11 is 0. The second kappa shape index (κ2) is 22.4. The Balaban J connectivity index is -0.000000218. The predicted octanol–water partition coefficient (Wildman–Crippen LogP) is 4.39. The Hall–Kier alpha value is -1.11. The molecule has 0 heterocycles. The van der Waals surface area contributed by atoms with Crippen LogP contribution in [0.15, 0.2) is 42.6 Å². The number of hydrogen-bond donors (Lipinski definition) is 0. The van der Waals surface area contributed by atoms with Crippen molar-refractivity contribution < 1.29 is 0 Å². The summed E-state index contributed by atoms with van der Waals surface area (Å²) < 4.78 is 0. The summed E-state index contributed by atoms with van der Waals surface area (Å²) in [5, 5.41) is 0. The minimum atomic E-state index is 0.935. The van der Waals surface area contributed by atoms with Crippen LogP contribution in [0.5, 0.6) is 0 Å². The molecule has 0 radical (unpaired) electrons. The zero-order valence-electron chi connectivity index (χ0n) is 9.67. The Morgan fingerprint density at radius 3 is 1.85 bits per heavy atom. The standard InChI is InChI=1S/C8H11N.2C2H6/c1-4-6-7-8(3)9-5-2;2*1-2/h4-7H,1-2H2,3H3;2*1-2H3/b7-6-,9-8?;;. The molecule has 0 saturated carbocycles. The summed E-state index contributed by atoms with van der Waals surface area (Å²) in [5.74, 6) is 0. The maximum atomic E-state index is 3.91. The van der Waals surface area contributed by atoms with Crippen LogP contribution in [0.4, 0.5) is 0 Å². The molecule has 0 N–H and O–H groups in total. The summed E-state index contributed by atoms with van der Waals surface area (Å²) in [7, 11) is 0. The van der Waals surface area contributed by atoms with Crippen LogP contribution in [-0.4, -0.2) is 5.71 Å². The van der Waals surface area contributed by atoms with Gasteiger partial charge >= 0.3 is 0 Å². The highest BCUT2D eigenvalue weighted by Gasteiger charge is 1.74. The zero-order valence-corrected chi connectivity index (χ0v) is 9.67. The van der Waals surface area contributed by atoms with E-state index in [2.05, 4.69) is 18.2 Å². The van der Waals surface area contributed by atoms with Crippen LogP contribution in [0.25, 0.3) is 0 Å². The van der Waals surface area contributed by atoms with Gasteiger partial charge in [-0.25, -0.2) is 0 Å². The highest BCUT2D eigenvalue weighted by atomic mass is 14.7. The van der Waals surface area contributed by atoms with Gasteiger partial charge in [0.25, 0.3) is 0 Å². The van der Waals surface area contributed by atoms with Crippen molar-refractivity contribution in [2.75, 3.05) is 0 Å². The molecule has 0 aliphatic rings. The quantitative estimate of drug-likeness (QED) is 0.452. The molecule has 0 rings (SSSR count). The summed E-state index contributed by atoms with van der Waals surface area (Å²) in [4.78, 5) is 3.91. The van der Waals surface area contributed by atoms with Crippen molar-refractivity contribution in [3.05, 3.63) is 37.6 Å². The van der Waals surface area contributed by atoms with Crippen molar-refractivity contribution in [3.8, 4) is 0 Å². The first-order chi connectivity index (χ1) is 6.31. The lowest BCUT2D eigenvalue weighted by Crippen LogP contribution is -1.79. The van der Waals surface area contributed by atoms with Crippen LogP contribution in [0.2, 0.25) is 0 Å². The SMILES string of the molecule is C=C/C=C\C(C)=NC=C.CC.CC. The van der Waals surface area contributed by atoms with E-state index in [1.165, 1.54) is 6.20 Å². The largest absolute Gasteiger partial charge is 0.262 e. The van der Waals surface area contributed by atoms with E-state index in [4.69, 9.17) is 0 Å². The Morgan fingerprint density at radius 1 is 1.08 bits per heavy atom. The number of allylic oxidation sites excluding steroid dienone is 3. The van der Waals surface area contributed by atoms with Crippen LogP contribution in [0.1, 0.15) is 34.6 Å². The van der Waals surface area contributed by atoms with E-state index in [1.807, 2.05) is 46.8 Å². The molecule has 0 amide bonds. The fourth-order valence-electron chi connectivity index (χ4n) is 0.394. The lowest BCUT2D eigenvalue weighted by molar-refractivity contribution is 1.50. The van der Waals surface area contributed by atoms with E-state index < -0.39 is 0 Å². The maximum absolute atomic E-state index is 3.91. The first-order valence-corrected chi connectivity index (χ1v) is 4.75. The molecule has 0 unspecified atom stereocenters. The summed E-state index contributed by atoms with van der Waals surface area (Å²) in [5.41, 5.74) is 0.935. The van der Waals surface area contributed by atoms with Gasteiger partial charge in [0, 0.05) is 11.9 Å². The molecule has 0 aromatic rings. The van der Waals surface area contributed by atoms with Gasteiger partial charge in [-0.3, -0.25) is 4.99 Å². The molecule has 1 heteroatoms. The highest BCUT2D eigenvalue weighted by molar-refractivity contribution is 5.93. The topological polar surface area (TPSA) is 12.4 Å². The third-order valence-electron chi connectivity index (χ3n) is 0.768. The predicted molar refractivity (Wildman–Crippen MR) is 65.3 cm³/mol. The van der Waals surface area contributed by atoms with Crippen LogP contribution >= 0.6 is 0 Å². The van der Waals surface area contributed by atoms with Crippen molar-refractivity contribution in [2.24, 2.45) is 4.99 Å². The van der Waals surface area contributed by atoms with Gasteiger partial charge in [-0.05, 0) is 13.0 Å². The molecule has 0 fully saturated rings. The Kier molecular flexibility index (Phi) is 30.8. The molecule has 0 atom stereocenters. The molecule has 76 valence electrons. The highest BCUT2D eigenvalue weighted by Crippen LogP contribution is 1.81. The second-order valence-corrected chi connectivity index (χ2v) is 1.55. The zero-order chi connectivity index (χ0) is 11.1. The maximum Gasteiger partial charge on any atom is 0.0372 e. The first kappa shape index (κ1) is 17.8. The average Bonchev–Trinajstić information content (AvgIpc) is 2.21. The lowest BCUT2D eigenvalue weighted by Gasteiger charge is -1.82. The molecule has 0 aliphatic carbocycles. The van der Waals surface area contributed by atoms with Crippen molar-refractivity contribution in [2.45, 2.75) is 34.6 Å². The van der Waals surface area contributed by atoms with Gasteiger partial charge in [0.2, 0.25) is 0 Å². The Labute approximate surface area is 83.6 Å². The second-order valence-electron chi connectivity index (χ2n) is 1.55. The van der Waals surface area contributed by atoms with Crippen LogP contribution in [0, 0.1) is 0 Å². The van der Waals surface area contributed by atoms with E-state index >= 15 is 0 Å². The normalized spacial score (nSPS) is 9.15. The molecule has 0 aliphatic heterocycles. The van der Waals surface area contributed by atoms with Crippen molar-refractivity contribution in [1.82, 2.24) is 0 Å². The van der Waals surface area contributed by atoms with E-state index in [0.29, 0.717) is 0 Å². The molecule has 1 nitrogen and oxygen atoms in total. The molecule has 0 aromatic heterocycles. The van der Waals surface area contributed by atoms with Gasteiger partial charge < -0.3 is 0 Å². The van der Waals surface area contributed by atoms with Crippen molar-refractivity contribution >= 4 is 5.71 Å². The van der Waals surface area contributed by atoms with Crippen LogP contribution in [0.3, 0.4) is 0 Å². The molecular formula is C12H23N. The van der Waals surface area contributed by atoms with Gasteiger partial charge in [-0.1, -0.05) is 53.0 Å². The lowest BCUT2D eigenvalue weighted by atomic mass is 10.3. The van der Waals surface area contributed by atoms with E-state index in [-0.39, 0.29) is 0 Å². The number of nitrogens with zero attached hydrogens (tertiary/aromatic N) is 1. The van der Waals surface area contributed by atoms with Gasteiger partial charge in [-0.15, -0.1) is 0 Å². The minimum absolute atomic E-state index is 0.935. The molecule has 0 spiro atoms. The monoisotopic (exact) mass is 181 g/mol. The van der Waals surface area contributed by atoms with Gasteiger partial charge in [-0.2, -0.15) is 0 Å². The number of rotatable bonds is 3. The molecule has 0 saturated heterocycles. The molecule has 13 heavy (non-hydrogen) atoms. The van der Waals surface area contributed by atoms with Gasteiger partial charge in [0.05, 0.1) is 0 Å². The first-order valence-electron chi connectivity index (χ1n) is 4.75. The smallest absolute Gasteiger partial charge is 0.0372 e. The van der Waals surface area contributed by atoms with Crippen molar-refractivity contribution in [3.63, 3.8) is 0 Å². The van der Waals surface area contributed by atoms with E-state index in [9.17, 15) is 0 Å². The average molecular weight is 181 g/mol.